The van der Waals surface area contributed by atoms with Crippen LogP contribution in [0.5, 0.6) is 11.5 Å². The number of carboxylic acids is 1. The molecule has 0 aromatic heterocycles. The number of rotatable bonds is 5. The second-order valence-electron chi connectivity index (χ2n) is 5.16. The van der Waals surface area contributed by atoms with Crippen LogP contribution in [0, 0.1) is 16.0 Å². The quantitative estimate of drug-likeness (QED) is 0.615. The molecule has 1 amide bonds. The molecule has 0 saturated carbocycles. The number of fused-ring (bicyclic) bond motifs is 1. The van der Waals surface area contributed by atoms with E-state index in [1.165, 1.54) is 19.9 Å². The summed E-state index contributed by atoms with van der Waals surface area (Å²) >= 11 is 0. The van der Waals surface area contributed by atoms with Crippen molar-refractivity contribution in [1.29, 1.82) is 0 Å². The largest absolute Gasteiger partial charge is 0.486 e. The highest BCUT2D eigenvalue weighted by Gasteiger charge is 2.28. The highest BCUT2D eigenvalue weighted by atomic mass is 16.6. The number of benzene rings is 1. The Kier molecular flexibility index (Phi) is 4.68. The maximum Gasteiger partial charge on any atom is 0.308 e. The number of amides is 1. The summed E-state index contributed by atoms with van der Waals surface area (Å²) in [4.78, 5) is 33.7. The molecule has 2 rings (SSSR count). The summed E-state index contributed by atoms with van der Waals surface area (Å²) in [5.41, 5.74) is -0.634. The second-order valence-corrected chi connectivity index (χ2v) is 5.16. The van der Waals surface area contributed by atoms with Gasteiger partial charge in [0.15, 0.2) is 11.5 Å². The summed E-state index contributed by atoms with van der Waals surface area (Å²) in [7, 11) is 0. The Hall–Kier alpha value is -2.84. The summed E-state index contributed by atoms with van der Waals surface area (Å²) in [5.74, 6) is -2.21. The van der Waals surface area contributed by atoms with E-state index < -0.39 is 34.4 Å². The molecule has 1 aromatic rings. The van der Waals surface area contributed by atoms with Gasteiger partial charge < -0.3 is 19.9 Å². The number of ether oxygens (including phenoxy) is 2. The van der Waals surface area contributed by atoms with Crippen LogP contribution in [0.25, 0.3) is 0 Å². The van der Waals surface area contributed by atoms with Crippen LogP contribution in [-0.2, 0) is 4.79 Å². The molecule has 9 heteroatoms. The van der Waals surface area contributed by atoms with Crippen molar-refractivity contribution in [3.05, 3.63) is 27.8 Å². The molecule has 2 N–H and O–H groups in total. The lowest BCUT2D eigenvalue weighted by Gasteiger charge is -2.20. The van der Waals surface area contributed by atoms with Crippen molar-refractivity contribution in [2.45, 2.75) is 19.9 Å². The molecule has 0 aliphatic carbocycles. The Morgan fingerprint density at radius 1 is 1.26 bits per heavy atom. The first kappa shape index (κ1) is 16.5. The molecule has 1 aliphatic heterocycles. The predicted molar refractivity (Wildman–Crippen MR) is 77.8 cm³/mol. The van der Waals surface area contributed by atoms with Gasteiger partial charge in [-0.15, -0.1) is 0 Å². The van der Waals surface area contributed by atoms with Crippen molar-refractivity contribution in [1.82, 2.24) is 5.32 Å². The SMILES string of the molecule is CC(NC(=O)c1cc2c(cc1[N+](=O)[O-])OCCO2)C(C)C(=O)O. The van der Waals surface area contributed by atoms with Gasteiger partial charge in [0, 0.05) is 12.1 Å². The number of nitrogens with zero attached hydrogens (tertiary/aromatic N) is 1. The van der Waals surface area contributed by atoms with Crippen molar-refractivity contribution in [2.24, 2.45) is 5.92 Å². The molecule has 124 valence electrons. The standard InChI is InChI=1S/C14H16N2O7/c1-7(14(18)19)8(2)15-13(17)9-5-11-12(23-4-3-22-11)6-10(9)16(20)21/h5-8H,3-4H2,1-2H3,(H,15,17)(H,18,19). The van der Waals surface area contributed by atoms with Crippen LogP contribution in [-0.4, -0.2) is 41.2 Å². The number of hydrogen-bond donors (Lipinski definition) is 2. The number of aliphatic carboxylic acids is 1. The zero-order valence-electron chi connectivity index (χ0n) is 12.6. The van der Waals surface area contributed by atoms with Crippen LogP contribution < -0.4 is 14.8 Å². The van der Waals surface area contributed by atoms with E-state index in [0.29, 0.717) is 0 Å². The van der Waals surface area contributed by atoms with Crippen LogP contribution in [0.15, 0.2) is 12.1 Å². The van der Waals surface area contributed by atoms with Gasteiger partial charge in [-0.05, 0) is 13.8 Å². The van der Waals surface area contributed by atoms with Gasteiger partial charge >= 0.3 is 5.97 Å². The van der Waals surface area contributed by atoms with Gasteiger partial charge in [-0.3, -0.25) is 19.7 Å². The normalized spacial score (nSPS) is 15.4. The molecule has 0 saturated heterocycles. The van der Waals surface area contributed by atoms with Gasteiger partial charge in [0.05, 0.1) is 16.9 Å². The third-order valence-corrected chi connectivity index (χ3v) is 3.60. The van der Waals surface area contributed by atoms with Gasteiger partial charge in [0.1, 0.15) is 18.8 Å². The van der Waals surface area contributed by atoms with E-state index in [4.69, 9.17) is 14.6 Å². The third-order valence-electron chi connectivity index (χ3n) is 3.60. The average molecular weight is 324 g/mol. The maximum absolute atomic E-state index is 12.3. The Labute approximate surface area is 131 Å². The molecule has 0 spiro atoms. The van der Waals surface area contributed by atoms with Crippen molar-refractivity contribution < 1.29 is 29.1 Å². The smallest absolute Gasteiger partial charge is 0.308 e. The van der Waals surface area contributed by atoms with Crippen LogP contribution in [0.2, 0.25) is 0 Å². The molecule has 9 nitrogen and oxygen atoms in total. The van der Waals surface area contributed by atoms with Crippen molar-refractivity contribution in [3.8, 4) is 11.5 Å². The topological polar surface area (TPSA) is 128 Å². The fraction of sp³-hybridized carbons (Fsp3) is 0.429. The van der Waals surface area contributed by atoms with E-state index in [1.54, 1.807) is 0 Å². The first-order chi connectivity index (χ1) is 10.8. The second kappa shape index (κ2) is 6.51. The molecule has 23 heavy (non-hydrogen) atoms. The molecule has 2 atom stereocenters. The zero-order valence-corrected chi connectivity index (χ0v) is 12.6. The summed E-state index contributed by atoms with van der Waals surface area (Å²) in [6, 6.07) is 1.67. The molecule has 2 unspecified atom stereocenters. The monoisotopic (exact) mass is 324 g/mol. The third kappa shape index (κ3) is 3.50. The lowest BCUT2D eigenvalue weighted by atomic mass is 10.0. The number of carbonyl (C=O) groups excluding carboxylic acids is 1. The lowest BCUT2D eigenvalue weighted by molar-refractivity contribution is -0.385. The number of nitrogens with one attached hydrogen (secondary N) is 1. The summed E-state index contributed by atoms with van der Waals surface area (Å²) in [5, 5.41) is 22.6. The first-order valence-electron chi connectivity index (χ1n) is 6.93. The summed E-state index contributed by atoms with van der Waals surface area (Å²) < 4.78 is 10.6. The van der Waals surface area contributed by atoms with E-state index >= 15 is 0 Å². The summed E-state index contributed by atoms with van der Waals surface area (Å²) in [6.45, 7) is 3.49. The van der Waals surface area contributed by atoms with Crippen molar-refractivity contribution in [2.75, 3.05) is 13.2 Å². The van der Waals surface area contributed by atoms with Gasteiger partial charge in [-0.1, -0.05) is 0 Å². The van der Waals surface area contributed by atoms with Crippen LogP contribution in [0.4, 0.5) is 5.69 Å². The Balaban J connectivity index is 2.31. The fourth-order valence-corrected chi connectivity index (χ4v) is 2.03. The number of carboxylic acid groups (broad SMARTS) is 1. The molecule has 1 aromatic carbocycles. The number of hydrogen-bond acceptors (Lipinski definition) is 6. The Morgan fingerprint density at radius 3 is 2.35 bits per heavy atom. The molecular weight excluding hydrogens is 308 g/mol. The van der Waals surface area contributed by atoms with Crippen LogP contribution in [0.3, 0.4) is 0 Å². The van der Waals surface area contributed by atoms with Gasteiger partial charge in [0.25, 0.3) is 11.6 Å². The Bertz CT molecular complexity index is 659. The van der Waals surface area contributed by atoms with E-state index in [1.807, 2.05) is 0 Å². The number of carbonyl (C=O) groups is 2. The van der Waals surface area contributed by atoms with Crippen molar-refractivity contribution in [3.63, 3.8) is 0 Å². The van der Waals surface area contributed by atoms with Crippen LogP contribution in [0.1, 0.15) is 24.2 Å². The van der Waals surface area contributed by atoms with E-state index in [0.717, 1.165) is 6.07 Å². The van der Waals surface area contributed by atoms with Crippen molar-refractivity contribution >= 4 is 17.6 Å². The Morgan fingerprint density at radius 2 is 1.83 bits per heavy atom. The fourth-order valence-electron chi connectivity index (χ4n) is 2.03. The highest BCUT2D eigenvalue weighted by Crippen LogP contribution is 2.36. The van der Waals surface area contributed by atoms with E-state index in [-0.39, 0.29) is 30.3 Å². The minimum Gasteiger partial charge on any atom is -0.486 e. The minimum atomic E-state index is -1.07. The number of nitro benzene ring substituents is 1. The molecular formula is C14H16N2O7. The number of nitro groups is 1. The zero-order chi connectivity index (χ0) is 17.1. The van der Waals surface area contributed by atoms with Crippen LogP contribution >= 0.6 is 0 Å². The van der Waals surface area contributed by atoms with Gasteiger partial charge in [-0.25, -0.2) is 0 Å². The lowest BCUT2D eigenvalue weighted by Crippen LogP contribution is -2.40. The predicted octanol–water partition coefficient (Wildman–Crippen LogP) is 1.21. The molecule has 0 bridgehead atoms. The molecule has 1 aliphatic rings. The maximum atomic E-state index is 12.3. The van der Waals surface area contributed by atoms with Gasteiger partial charge in [-0.2, -0.15) is 0 Å². The average Bonchev–Trinajstić information content (AvgIpc) is 2.52. The summed E-state index contributed by atoms with van der Waals surface area (Å²) in [6.07, 6.45) is 0. The first-order valence-corrected chi connectivity index (χ1v) is 6.93. The molecule has 0 fully saturated rings. The highest BCUT2D eigenvalue weighted by molar-refractivity contribution is 5.99. The minimum absolute atomic E-state index is 0.200. The van der Waals surface area contributed by atoms with Gasteiger partial charge in [0.2, 0.25) is 0 Å². The van der Waals surface area contributed by atoms with E-state index in [2.05, 4.69) is 5.32 Å². The van der Waals surface area contributed by atoms with E-state index in [9.17, 15) is 19.7 Å². The molecule has 0 radical (unpaired) electrons. The molecule has 1 heterocycles.